The third-order valence-corrected chi connectivity index (χ3v) is 5.52. The molecule has 3 aliphatic rings. The first-order valence-electron chi connectivity index (χ1n) is 8.20. The second kappa shape index (κ2) is 4.72. The summed E-state index contributed by atoms with van der Waals surface area (Å²) >= 11 is 0. The van der Waals surface area contributed by atoms with Crippen molar-refractivity contribution in [2.75, 3.05) is 13.1 Å². The second-order valence-electron chi connectivity index (χ2n) is 7.44. The van der Waals surface area contributed by atoms with Crippen molar-refractivity contribution in [2.45, 2.75) is 51.4 Å². The fraction of sp³-hybridized carbons (Fsp3) is 0.667. The Labute approximate surface area is 127 Å². The Kier molecular flexibility index (Phi) is 3.05. The van der Waals surface area contributed by atoms with E-state index in [0.29, 0.717) is 17.9 Å². The minimum Gasteiger partial charge on any atom is -0.487 e. The Bertz CT molecular complexity index is 554. The molecule has 0 amide bonds. The number of rotatable bonds is 0. The number of fused-ring (bicyclic) bond motifs is 4. The maximum Gasteiger partial charge on any atom is 0.126 e. The number of hydrogen-bond donors (Lipinski definition) is 1. The predicted molar refractivity (Wildman–Crippen MR) is 82.6 cm³/mol. The molecule has 0 radical (unpaired) electrons. The summed E-state index contributed by atoms with van der Waals surface area (Å²) in [7, 11) is 0. The van der Waals surface area contributed by atoms with Gasteiger partial charge in [-0.05, 0) is 57.7 Å². The quantitative estimate of drug-likeness (QED) is 0.794. The van der Waals surface area contributed by atoms with Crippen LogP contribution >= 0.6 is 0 Å². The predicted octanol–water partition coefficient (Wildman–Crippen LogP) is 3.22. The molecular weight excluding hydrogens is 262 g/mol. The minimum absolute atomic E-state index is 0.159. The molecule has 1 aromatic rings. The van der Waals surface area contributed by atoms with Gasteiger partial charge in [-0.15, -0.1) is 0 Å². The van der Waals surface area contributed by atoms with Gasteiger partial charge >= 0.3 is 0 Å². The number of aryl methyl sites for hydroxylation is 1. The lowest BCUT2D eigenvalue weighted by Crippen LogP contribution is -2.54. The number of hydrogen-bond acceptors (Lipinski definition) is 3. The molecule has 3 nitrogen and oxygen atoms in total. The molecule has 0 saturated carbocycles. The molecule has 0 aromatic heterocycles. The van der Waals surface area contributed by atoms with Gasteiger partial charge in [-0.3, -0.25) is 0 Å². The number of piperidine rings is 1. The average Bonchev–Trinajstić information content (AvgIpc) is 2.45. The van der Waals surface area contributed by atoms with Crippen LogP contribution in [-0.4, -0.2) is 24.8 Å². The largest absolute Gasteiger partial charge is 0.487 e. The zero-order chi connectivity index (χ0) is 14.6. The molecule has 2 fully saturated rings. The van der Waals surface area contributed by atoms with Gasteiger partial charge in [0.15, 0.2) is 0 Å². The summed E-state index contributed by atoms with van der Waals surface area (Å²) in [6.45, 7) is 8.73. The first-order valence-corrected chi connectivity index (χ1v) is 8.20. The Morgan fingerprint density at radius 3 is 3.00 bits per heavy atom. The molecule has 3 heteroatoms. The van der Waals surface area contributed by atoms with Gasteiger partial charge in [-0.25, -0.2) is 0 Å². The second-order valence-corrected chi connectivity index (χ2v) is 7.44. The van der Waals surface area contributed by atoms with E-state index < -0.39 is 0 Å². The van der Waals surface area contributed by atoms with E-state index in [-0.39, 0.29) is 11.7 Å². The maximum atomic E-state index is 6.58. The molecule has 4 atom stereocenters. The zero-order valence-electron chi connectivity index (χ0n) is 13.2. The van der Waals surface area contributed by atoms with E-state index in [2.05, 4.69) is 44.3 Å². The van der Waals surface area contributed by atoms with E-state index in [1.54, 1.807) is 0 Å². The lowest BCUT2D eigenvalue weighted by Gasteiger charge is -2.52. The molecular formula is C18H25NO2. The number of benzene rings is 1. The van der Waals surface area contributed by atoms with Gasteiger partial charge in [0.25, 0.3) is 0 Å². The smallest absolute Gasteiger partial charge is 0.126 e. The van der Waals surface area contributed by atoms with Crippen molar-refractivity contribution in [1.29, 1.82) is 0 Å². The standard InChI is InChI=1S/C18H25NO2/c1-11-4-5-13-16(8-11)21-18(2,3)14-9-12-10-19-7-6-15(12)20-17(13)14/h4-5,8,12,14-15,17,19H,6-7,9-10H2,1-3H3/t12-,14+,15+,17-/m0/s1. The van der Waals surface area contributed by atoms with E-state index in [1.165, 1.54) is 17.5 Å². The van der Waals surface area contributed by atoms with E-state index in [1.807, 2.05) is 0 Å². The van der Waals surface area contributed by atoms with Crippen molar-refractivity contribution in [1.82, 2.24) is 5.32 Å². The molecule has 0 bridgehead atoms. The van der Waals surface area contributed by atoms with Crippen LogP contribution in [-0.2, 0) is 4.74 Å². The summed E-state index contributed by atoms with van der Waals surface area (Å²) < 4.78 is 12.9. The first-order chi connectivity index (χ1) is 10.0. The van der Waals surface area contributed by atoms with Crippen molar-refractivity contribution in [3.05, 3.63) is 29.3 Å². The zero-order valence-corrected chi connectivity index (χ0v) is 13.2. The molecule has 3 aliphatic heterocycles. The van der Waals surface area contributed by atoms with Crippen molar-refractivity contribution in [3.8, 4) is 5.75 Å². The molecule has 3 heterocycles. The van der Waals surface area contributed by atoms with Crippen molar-refractivity contribution in [3.63, 3.8) is 0 Å². The van der Waals surface area contributed by atoms with Gasteiger partial charge in [0, 0.05) is 18.0 Å². The maximum absolute atomic E-state index is 6.58. The van der Waals surface area contributed by atoms with Gasteiger partial charge in [-0.1, -0.05) is 12.1 Å². The summed E-state index contributed by atoms with van der Waals surface area (Å²) in [6.07, 6.45) is 2.94. The van der Waals surface area contributed by atoms with Gasteiger partial charge in [-0.2, -0.15) is 0 Å². The Morgan fingerprint density at radius 1 is 1.29 bits per heavy atom. The fourth-order valence-corrected chi connectivity index (χ4v) is 4.31. The fourth-order valence-electron chi connectivity index (χ4n) is 4.31. The van der Waals surface area contributed by atoms with Gasteiger partial charge in [0.05, 0.1) is 12.2 Å². The molecule has 0 aliphatic carbocycles. The van der Waals surface area contributed by atoms with Crippen LogP contribution in [0, 0.1) is 18.8 Å². The number of nitrogens with one attached hydrogen (secondary N) is 1. The summed E-state index contributed by atoms with van der Waals surface area (Å²) in [5, 5.41) is 3.51. The third kappa shape index (κ3) is 2.18. The topological polar surface area (TPSA) is 30.5 Å². The first kappa shape index (κ1) is 13.6. The van der Waals surface area contributed by atoms with Crippen LogP contribution in [0.2, 0.25) is 0 Å². The molecule has 1 N–H and O–H groups in total. The highest BCUT2D eigenvalue weighted by molar-refractivity contribution is 5.42. The van der Waals surface area contributed by atoms with Crippen LogP contribution in [0.15, 0.2) is 18.2 Å². The highest BCUT2D eigenvalue weighted by atomic mass is 16.5. The summed E-state index contributed by atoms with van der Waals surface area (Å²) in [5.41, 5.74) is 2.34. The van der Waals surface area contributed by atoms with Crippen LogP contribution in [0.1, 0.15) is 43.9 Å². The Hall–Kier alpha value is -1.06. The van der Waals surface area contributed by atoms with E-state index in [9.17, 15) is 0 Å². The van der Waals surface area contributed by atoms with Crippen molar-refractivity contribution < 1.29 is 9.47 Å². The van der Waals surface area contributed by atoms with E-state index in [4.69, 9.17) is 9.47 Å². The van der Waals surface area contributed by atoms with Crippen LogP contribution in [0.5, 0.6) is 5.75 Å². The minimum atomic E-state index is -0.159. The Balaban J connectivity index is 1.73. The molecule has 4 rings (SSSR count). The molecule has 0 spiro atoms. The van der Waals surface area contributed by atoms with Crippen LogP contribution in [0.4, 0.5) is 0 Å². The molecule has 2 saturated heterocycles. The van der Waals surface area contributed by atoms with E-state index in [0.717, 1.165) is 25.3 Å². The summed E-state index contributed by atoms with van der Waals surface area (Å²) in [6, 6.07) is 6.54. The van der Waals surface area contributed by atoms with E-state index >= 15 is 0 Å². The van der Waals surface area contributed by atoms with Crippen LogP contribution in [0.3, 0.4) is 0 Å². The highest BCUT2D eigenvalue weighted by Crippen LogP contribution is 2.52. The lowest BCUT2D eigenvalue weighted by atomic mass is 9.71. The SMILES string of the molecule is Cc1ccc2c(c1)OC(C)(C)[C@@H]1C[C@H]3CNCC[C@H]3O[C@@H]21. The normalized spacial score (nSPS) is 36.9. The average molecular weight is 287 g/mol. The van der Waals surface area contributed by atoms with Crippen molar-refractivity contribution >= 4 is 0 Å². The number of ether oxygens (including phenoxy) is 2. The van der Waals surface area contributed by atoms with Crippen LogP contribution < -0.4 is 10.1 Å². The lowest BCUT2D eigenvalue weighted by molar-refractivity contribution is -0.178. The third-order valence-electron chi connectivity index (χ3n) is 5.52. The summed E-state index contributed by atoms with van der Waals surface area (Å²) in [4.78, 5) is 0. The van der Waals surface area contributed by atoms with Crippen LogP contribution in [0.25, 0.3) is 0 Å². The monoisotopic (exact) mass is 287 g/mol. The highest BCUT2D eigenvalue weighted by Gasteiger charge is 2.50. The van der Waals surface area contributed by atoms with Gasteiger partial charge in [0.2, 0.25) is 0 Å². The van der Waals surface area contributed by atoms with Gasteiger partial charge < -0.3 is 14.8 Å². The molecule has 114 valence electrons. The summed E-state index contributed by atoms with van der Waals surface area (Å²) in [5.74, 6) is 2.09. The van der Waals surface area contributed by atoms with Crippen molar-refractivity contribution in [2.24, 2.45) is 11.8 Å². The molecule has 0 unspecified atom stereocenters. The molecule has 21 heavy (non-hydrogen) atoms. The Morgan fingerprint density at radius 2 is 2.14 bits per heavy atom. The van der Waals surface area contributed by atoms with Gasteiger partial charge in [0.1, 0.15) is 11.4 Å². The molecule has 1 aromatic carbocycles.